The zero-order valence-corrected chi connectivity index (χ0v) is 12.6. The predicted octanol–water partition coefficient (Wildman–Crippen LogP) is 3.80. The second-order valence-corrected chi connectivity index (χ2v) is 6.35. The Morgan fingerprint density at radius 3 is 2.95 bits per heavy atom. The number of thiophene rings is 1. The summed E-state index contributed by atoms with van der Waals surface area (Å²) in [5.74, 6) is 0.519. The first kappa shape index (κ1) is 14.4. The van der Waals surface area contributed by atoms with Gasteiger partial charge in [0.25, 0.3) is 0 Å². The Morgan fingerprint density at radius 2 is 2.26 bits per heavy atom. The molecule has 0 aliphatic heterocycles. The van der Waals surface area contributed by atoms with Gasteiger partial charge < -0.3 is 10.5 Å². The van der Waals surface area contributed by atoms with Gasteiger partial charge in [0, 0.05) is 4.88 Å². The van der Waals surface area contributed by atoms with Crippen LogP contribution in [0.25, 0.3) is 0 Å². The average Bonchev–Trinajstić information content (AvgIpc) is 2.71. The molecule has 1 aliphatic carbocycles. The molecule has 0 saturated carbocycles. The third-order valence-corrected chi connectivity index (χ3v) is 4.92. The quantitative estimate of drug-likeness (QED) is 0.835. The van der Waals surface area contributed by atoms with Crippen LogP contribution < -0.4 is 5.73 Å². The summed E-state index contributed by atoms with van der Waals surface area (Å²) in [5.41, 5.74) is 7.83. The highest BCUT2D eigenvalue weighted by Crippen LogP contribution is 2.39. The van der Waals surface area contributed by atoms with Crippen molar-refractivity contribution in [3.63, 3.8) is 0 Å². The van der Waals surface area contributed by atoms with Gasteiger partial charge in [-0.2, -0.15) is 0 Å². The number of hydrogen-bond donors (Lipinski definition) is 1. The zero-order valence-electron chi connectivity index (χ0n) is 11.8. The van der Waals surface area contributed by atoms with Crippen molar-refractivity contribution in [2.24, 2.45) is 5.92 Å². The number of fused-ring (bicyclic) bond motifs is 1. The van der Waals surface area contributed by atoms with Gasteiger partial charge in [-0.15, -0.1) is 11.3 Å². The van der Waals surface area contributed by atoms with Crippen molar-refractivity contribution < 1.29 is 9.53 Å². The molecule has 2 rings (SSSR count). The predicted molar refractivity (Wildman–Crippen MR) is 79.7 cm³/mol. The van der Waals surface area contributed by atoms with Crippen LogP contribution in [-0.2, 0) is 17.6 Å². The zero-order chi connectivity index (χ0) is 13.8. The van der Waals surface area contributed by atoms with Crippen LogP contribution in [0.15, 0.2) is 0 Å². The minimum absolute atomic E-state index is 0.246. The topological polar surface area (TPSA) is 52.3 Å². The van der Waals surface area contributed by atoms with E-state index in [2.05, 4.69) is 6.92 Å². The van der Waals surface area contributed by atoms with Crippen molar-refractivity contribution in [1.29, 1.82) is 0 Å². The van der Waals surface area contributed by atoms with Crippen LogP contribution in [0.1, 0.15) is 60.3 Å². The molecule has 0 amide bonds. The molecule has 106 valence electrons. The Hall–Kier alpha value is -1.03. The van der Waals surface area contributed by atoms with Crippen molar-refractivity contribution in [1.82, 2.24) is 0 Å². The fourth-order valence-electron chi connectivity index (χ4n) is 2.84. The molecule has 1 aromatic rings. The highest BCUT2D eigenvalue weighted by molar-refractivity contribution is 7.16. The fraction of sp³-hybridized carbons (Fsp3) is 0.667. The summed E-state index contributed by atoms with van der Waals surface area (Å²) in [6, 6.07) is 0. The number of hydrogen-bond acceptors (Lipinski definition) is 4. The fourth-order valence-corrected chi connectivity index (χ4v) is 4.06. The van der Waals surface area contributed by atoms with Gasteiger partial charge >= 0.3 is 5.97 Å². The molecule has 1 heterocycles. The molecule has 3 nitrogen and oxygen atoms in total. The summed E-state index contributed by atoms with van der Waals surface area (Å²) in [6.45, 7) is 4.46. The first-order chi connectivity index (χ1) is 9.17. The van der Waals surface area contributed by atoms with Crippen LogP contribution in [0.5, 0.6) is 0 Å². The van der Waals surface area contributed by atoms with Crippen molar-refractivity contribution >= 4 is 22.3 Å². The normalized spacial score (nSPS) is 18.1. The standard InChI is InChI=1S/C15H23NO2S/c1-3-5-6-10-7-8-11-12(9-10)19-14(16)13(11)15(17)18-4-2/h10H,3-9,16H2,1-2H3. The monoisotopic (exact) mass is 281 g/mol. The van der Waals surface area contributed by atoms with Gasteiger partial charge in [0.15, 0.2) is 0 Å². The summed E-state index contributed by atoms with van der Waals surface area (Å²) < 4.78 is 5.11. The average molecular weight is 281 g/mol. The van der Waals surface area contributed by atoms with Gasteiger partial charge in [-0.05, 0) is 37.7 Å². The van der Waals surface area contributed by atoms with Crippen LogP contribution in [0.2, 0.25) is 0 Å². The van der Waals surface area contributed by atoms with Crippen LogP contribution >= 0.6 is 11.3 Å². The van der Waals surface area contributed by atoms with Gasteiger partial charge in [-0.3, -0.25) is 0 Å². The van der Waals surface area contributed by atoms with E-state index in [0.717, 1.165) is 24.3 Å². The van der Waals surface area contributed by atoms with Gasteiger partial charge in [0.2, 0.25) is 0 Å². The molecule has 0 spiro atoms. The molecule has 0 aromatic carbocycles. The third-order valence-electron chi connectivity index (χ3n) is 3.84. The molecule has 1 aliphatic rings. The first-order valence-corrected chi connectivity index (χ1v) is 8.06. The highest BCUT2D eigenvalue weighted by atomic mass is 32.1. The summed E-state index contributed by atoms with van der Waals surface area (Å²) in [4.78, 5) is 13.3. The molecule has 19 heavy (non-hydrogen) atoms. The Morgan fingerprint density at radius 1 is 1.47 bits per heavy atom. The maximum Gasteiger partial charge on any atom is 0.341 e. The number of unbranched alkanes of at least 4 members (excludes halogenated alkanes) is 1. The molecule has 0 saturated heterocycles. The molecule has 0 fully saturated rings. The third kappa shape index (κ3) is 3.11. The molecule has 2 N–H and O–H groups in total. The van der Waals surface area contributed by atoms with Crippen molar-refractivity contribution in [3.05, 3.63) is 16.0 Å². The minimum Gasteiger partial charge on any atom is -0.462 e. The van der Waals surface area contributed by atoms with E-state index in [9.17, 15) is 4.79 Å². The van der Waals surface area contributed by atoms with E-state index in [4.69, 9.17) is 10.5 Å². The second-order valence-electron chi connectivity index (χ2n) is 5.21. The Kier molecular flexibility index (Phi) is 4.86. The smallest absolute Gasteiger partial charge is 0.341 e. The van der Waals surface area contributed by atoms with Crippen LogP contribution in [0.3, 0.4) is 0 Å². The minimum atomic E-state index is -0.246. The molecular formula is C15H23NO2S. The number of ether oxygens (including phenoxy) is 1. The Labute approximate surface area is 119 Å². The van der Waals surface area contributed by atoms with E-state index in [0.29, 0.717) is 17.2 Å². The lowest BCUT2D eigenvalue weighted by Gasteiger charge is -2.22. The van der Waals surface area contributed by atoms with E-state index in [1.807, 2.05) is 6.92 Å². The summed E-state index contributed by atoms with van der Waals surface area (Å²) in [6.07, 6.45) is 7.09. The molecule has 1 unspecified atom stereocenters. The lowest BCUT2D eigenvalue weighted by atomic mass is 9.84. The van der Waals surface area contributed by atoms with Gasteiger partial charge in [-0.1, -0.05) is 26.2 Å². The van der Waals surface area contributed by atoms with E-state index in [1.165, 1.54) is 30.6 Å². The maximum atomic E-state index is 12.0. The number of nitrogen functional groups attached to an aromatic ring is 1. The molecule has 1 atom stereocenters. The van der Waals surface area contributed by atoms with Gasteiger partial charge in [-0.25, -0.2) is 4.79 Å². The molecular weight excluding hydrogens is 258 g/mol. The molecule has 4 heteroatoms. The summed E-state index contributed by atoms with van der Waals surface area (Å²) in [7, 11) is 0. The first-order valence-electron chi connectivity index (χ1n) is 7.24. The van der Waals surface area contributed by atoms with Crippen LogP contribution in [0.4, 0.5) is 5.00 Å². The van der Waals surface area contributed by atoms with Gasteiger partial charge in [0.05, 0.1) is 12.2 Å². The number of rotatable bonds is 5. The number of anilines is 1. The Bertz CT molecular complexity index is 453. The number of nitrogens with two attached hydrogens (primary N) is 1. The SMILES string of the molecule is CCCCC1CCc2c(sc(N)c2C(=O)OCC)C1. The maximum absolute atomic E-state index is 12.0. The lowest BCUT2D eigenvalue weighted by molar-refractivity contribution is 0.0526. The largest absolute Gasteiger partial charge is 0.462 e. The molecule has 1 aromatic heterocycles. The van der Waals surface area contributed by atoms with Crippen molar-refractivity contribution in [2.75, 3.05) is 12.3 Å². The summed E-state index contributed by atoms with van der Waals surface area (Å²) >= 11 is 1.59. The Balaban J connectivity index is 2.15. The van der Waals surface area contributed by atoms with E-state index >= 15 is 0 Å². The van der Waals surface area contributed by atoms with Crippen molar-refractivity contribution in [3.8, 4) is 0 Å². The lowest BCUT2D eigenvalue weighted by Crippen LogP contribution is -2.15. The van der Waals surface area contributed by atoms with Crippen LogP contribution in [0, 0.1) is 5.92 Å². The van der Waals surface area contributed by atoms with Gasteiger partial charge in [0.1, 0.15) is 5.00 Å². The number of esters is 1. The molecule has 0 radical (unpaired) electrons. The highest BCUT2D eigenvalue weighted by Gasteiger charge is 2.28. The second kappa shape index (κ2) is 6.42. The van der Waals surface area contributed by atoms with E-state index in [1.54, 1.807) is 11.3 Å². The van der Waals surface area contributed by atoms with E-state index < -0.39 is 0 Å². The number of carbonyl (C=O) groups is 1. The van der Waals surface area contributed by atoms with Crippen molar-refractivity contribution in [2.45, 2.75) is 52.4 Å². The number of carbonyl (C=O) groups excluding carboxylic acids is 1. The molecule has 0 bridgehead atoms. The van der Waals surface area contributed by atoms with E-state index in [-0.39, 0.29) is 5.97 Å². The summed E-state index contributed by atoms with van der Waals surface area (Å²) in [5, 5.41) is 0.639. The van der Waals surface area contributed by atoms with Crippen LogP contribution in [-0.4, -0.2) is 12.6 Å².